The zero-order chi connectivity index (χ0) is 10.7. The number of carbonyl (C=O) groups excluding carboxylic acids is 1. The second-order valence-electron chi connectivity index (χ2n) is 2.83. The molecule has 5 heteroatoms. The van der Waals surface area contributed by atoms with E-state index in [0.717, 1.165) is 6.07 Å². The predicted octanol–water partition coefficient (Wildman–Crippen LogP) is 0.706. The van der Waals surface area contributed by atoms with E-state index in [9.17, 15) is 9.18 Å². The Labute approximate surface area is 80.6 Å². The molecule has 4 N–H and O–H groups in total. The fourth-order valence-electron chi connectivity index (χ4n) is 1.07. The Morgan fingerprint density at radius 2 is 2.14 bits per heavy atom. The number of ether oxygens (including phenoxy) is 1. The van der Waals surface area contributed by atoms with Crippen molar-refractivity contribution in [2.45, 2.75) is 6.42 Å². The Balaban J connectivity index is 3.02. The van der Waals surface area contributed by atoms with Crippen molar-refractivity contribution in [2.75, 3.05) is 18.6 Å². The second kappa shape index (κ2) is 3.95. The van der Waals surface area contributed by atoms with Crippen molar-refractivity contribution >= 4 is 17.3 Å². The number of rotatable bonds is 2. The standard InChI is InChI=1S/C9H11FN2O2/c1-14-8(13)3-5-2-6(11)4-7(10)9(5)12/h2,4H,3,11-12H2,1H3. The van der Waals surface area contributed by atoms with Crippen molar-refractivity contribution in [2.24, 2.45) is 0 Å². The molecule has 14 heavy (non-hydrogen) atoms. The molecule has 0 aliphatic heterocycles. The predicted molar refractivity (Wildman–Crippen MR) is 50.9 cm³/mol. The van der Waals surface area contributed by atoms with Crippen molar-refractivity contribution in [1.29, 1.82) is 0 Å². The van der Waals surface area contributed by atoms with Crippen LogP contribution in [0.2, 0.25) is 0 Å². The summed E-state index contributed by atoms with van der Waals surface area (Å²) < 4.78 is 17.5. The topological polar surface area (TPSA) is 78.3 Å². The zero-order valence-corrected chi connectivity index (χ0v) is 7.71. The van der Waals surface area contributed by atoms with E-state index in [1.165, 1.54) is 13.2 Å². The molecule has 0 bridgehead atoms. The molecule has 1 aromatic carbocycles. The molecule has 0 amide bonds. The minimum atomic E-state index is -0.621. The number of hydrogen-bond acceptors (Lipinski definition) is 4. The van der Waals surface area contributed by atoms with E-state index >= 15 is 0 Å². The SMILES string of the molecule is COC(=O)Cc1cc(N)cc(F)c1N. The van der Waals surface area contributed by atoms with Gasteiger partial charge in [0, 0.05) is 5.69 Å². The Bertz CT molecular complexity index is 366. The summed E-state index contributed by atoms with van der Waals surface area (Å²) in [6.45, 7) is 0. The molecule has 0 aliphatic carbocycles. The van der Waals surface area contributed by atoms with Crippen LogP contribution in [0.5, 0.6) is 0 Å². The van der Waals surface area contributed by atoms with Crippen molar-refractivity contribution in [3.05, 3.63) is 23.5 Å². The number of halogens is 1. The Morgan fingerprint density at radius 3 is 2.71 bits per heavy atom. The minimum absolute atomic E-state index is 0.0652. The van der Waals surface area contributed by atoms with Gasteiger partial charge in [0.05, 0.1) is 19.2 Å². The fourth-order valence-corrected chi connectivity index (χ4v) is 1.07. The van der Waals surface area contributed by atoms with Crippen LogP contribution in [-0.2, 0) is 16.0 Å². The maximum absolute atomic E-state index is 13.0. The van der Waals surface area contributed by atoms with E-state index < -0.39 is 11.8 Å². The summed E-state index contributed by atoms with van der Waals surface area (Å²) in [5.74, 6) is -1.11. The molecule has 0 spiro atoms. The van der Waals surface area contributed by atoms with Gasteiger partial charge in [-0.05, 0) is 17.7 Å². The van der Waals surface area contributed by atoms with Crippen LogP contribution in [0.25, 0.3) is 0 Å². The number of methoxy groups -OCH3 is 1. The van der Waals surface area contributed by atoms with Crippen LogP contribution >= 0.6 is 0 Å². The van der Waals surface area contributed by atoms with E-state index in [4.69, 9.17) is 11.5 Å². The highest BCUT2D eigenvalue weighted by Gasteiger charge is 2.10. The Kier molecular flexibility index (Phi) is 2.91. The third-order valence-corrected chi connectivity index (χ3v) is 1.80. The molecule has 0 atom stereocenters. The van der Waals surface area contributed by atoms with Crippen LogP contribution in [0.4, 0.5) is 15.8 Å². The van der Waals surface area contributed by atoms with Crippen LogP contribution in [0.15, 0.2) is 12.1 Å². The molecule has 76 valence electrons. The summed E-state index contributed by atoms with van der Waals surface area (Å²) in [5.41, 5.74) is 11.3. The van der Waals surface area contributed by atoms with Crippen molar-refractivity contribution in [3.8, 4) is 0 Å². The molecule has 0 aromatic heterocycles. The summed E-state index contributed by atoms with van der Waals surface area (Å²) in [6.07, 6.45) is -0.0791. The van der Waals surface area contributed by atoms with E-state index in [1.54, 1.807) is 0 Å². The summed E-state index contributed by atoms with van der Waals surface area (Å²) in [4.78, 5) is 10.9. The van der Waals surface area contributed by atoms with Crippen molar-refractivity contribution in [3.63, 3.8) is 0 Å². The first-order chi connectivity index (χ1) is 6.54. The van der Waals surface area contributed by atoms with Gasteiger partial charge >= 0.3 is 5.97 Å². The van der Waals surface area contributed by atoms with Gasteiger partial charge in [0.2, 0.25) is 0 Å². The molecule has 0 heterocycles. The molecule has 0 saturated heterocycles. The second-order valence-corrected chi connectivity index (χ2v) is 2.83. The van der Waals surface area contributed by atoms with Gasteiger partial charge in [-0.15, -0.1) is 0 Å². The molecule has 0 saturated carbocycles. The summed E-state index contributed by atoms with van der Waals surface area (Å²) in [6, 6.07) is 2.56. The average Bonchev–Trinajstić information content (AvgIpc) is 2.13. The van der Waals surface area contributed by atoms with E-state index in [2.05, 4.69) is 4.74 Å². The first-order valence-electron chi connectivity index (χ1n) is 3.94. The monoisotopic (exact) mass is 198 g/mol. The molecule has 4 nitrogen and oxygen atoms in total. The number of anilines is 2. The largest absolute Gasteiger partial charge is 0.469 e. The number of nitrogens with two attached hydrogens (primary N) is 2. The average molecular weight is 198 g/mol. The fraction of sp³-hybridized carbons (Fsp3) is 0.222. The number of benzene rings is 1. The smallest absolute Gasteiger partial charge is 0.310 e. The third-order valence-electron chi connectivity index (χ3n) is 1.80. The number of carbonyl (C=O) groups is 1. The van der Waals surface area contributed by atoms with Gasteiger partial charge in [-0.25, -0.2) is 4.39 Å². The summed E-state index contributed by atoms with van der Waals surface area (Å²) >= 11 is 0. The lowest BCUT2D eigenvalue weighted by atomic mass is 10.1. The van der Waals surface area contributed by atoms with Crippen LogP contribution < -0.4 is 11.5 Å². The van der Waals surface area contributed by atoms with E-state index in [1.807, 2.05) is 0 Å². The lowest BCUT2D eigenvalue weighted by Crippen LogP contribution is -2.08. The first kappa shape index (κ1) is 10.3. The van der Waals surface area contributed by atoms with Crippen molar-refractivity contribution < 1.29 is 13.9 Å². The lowest BCUT2D eigenvalue weighted by molar-refractivity contribution is -0.139. The maximum atomic E-state index is 13.0. The molecule has 1 rings (SSSR count). The summed E-state index contributed by atoms with van der Waals surface area (Å²) in [5, 5.41) is 0. The molecule has 0 fully saturated rings. The Hall–Kier alpha value is -1.78. The van der Waals surface area contributed by atoms with Gasteiger partial charge in [0.25, 0.3) is 0 Å². The van der Waals surface area contributed by atoms with Gasteiger partial charge in [-0.2, -0.15) is 0 Å². The number of esters is 1. The zero-order valence-electron chi connectivity index (χ0n) is 7.71. The molecule has 1 aromatic rings. The Morgan fingerprint density at radius 1 is 1.50 bits per heavy atom. The minimum Gasteiger partial charge on any atom is -0.469 e. The molecule has 0 aliphatic rings. The summed E-state index contributed by atoms with van der Waals surface area (Å²) in [7, 11) is 1.25. The third kappa shape index (κ3) is 2.12. The van der Waals surface area contributed by atoms with Crippen molar-refractivity contribution in [1.82, 2.24) is 0 Å². The molecule has 0 radical (unpaired) electrons. The highest BCUT2D eigenvalue weighted by Crippen LogP contribution is 2.20. The van der Waals surface area contributed by atoms with Crippen LogP contribution in [0, 0.1) is 5.82 Å². The number of hydrogen-bond donors (Lipinski definition) is 2. The normalized spacial score (nSPS) is 9.86. The van der Waals surface area contributed by atoms with Crippen LogP contribution in [0.1, 0.15) is 5.56 Å². The lowest BCUT2D eigenvalue weighted by Gasteiger charge is -2.06. The molecular weight excluding hydrogens is 187 g/mol. The highest BCUT2D eigenvalue weighted by atomic mass is 19.1. The van der Waals surface area contributed by atoms with Crippen LogP contribution in [0.3, 0.4) is 0 Å². The highest BCUT2D eigenvalue weighted by molar-refractivity contribution is 5.75. The van der Waals surface area contributed by atoms with Gasteiger partial charge in [0.1, 0.15) is 5.82 Å². The number of nitrogen functional groups attached to an aromatic ring is 2. The van der Waals surface area contributed by atoms with Crippen LogP contribution in [-0.4, -0.2) is 13.1 Å². The van der Waals surface area contributed by atoms with E-state index in [-0.39, 0.29) is 17.8 Å². The van der Waals surface area contributed by atoms with Gasteiger partial charge < -0.3 is 16.2 Å². The molecular formula is C9H11FN2O2. The van der Waals surface area contributed by atoms with Gasteiger partial charge in [0.15, 0.2) is 0 Å². The molecule has 0 unspecified atom stereocenters. The van der Waals surface area contributed by atoms with Gasteiger partial charge in [-0.1, -0.05) is 0 Å². The quantitative estimate of drug-likeness (QED) is 0.541. The first-order valence-corrected chi connectivity index (χ1v) is 3.94. The van der Waals surface area contributed by atoms with Gasteiger partial charge in [-0.3, -0.25) is 4.79 Å². The maximum Gasteiger partial charge on any atom is 0.310 e. The van der Waals surface area contributed by atoms with E-state index in [0.29, 0.717) is 5.56 Å².